The smallest absolute Gasteiger partial charge is 0.231 e. The highest BCUT2D eigenvalue weighted by atomic mass is 16.7. The number of anilines is 2. The lowest BCUT2D eigenvalue weighted by Crippen LogP contribution is -2.30. The van der Waals surface area contributed by atoms with Crippen molar-refractivity contribution in [2.45, 2.75) is 13.3 Å². The zero-order valence-corrected chi connectivity index (χ0v) is 15.2. The Kier molecular flexibility index (Phi) is 5.40. The number of carbonyl (C=O) groups excluding carboxylic acids is 1. The summed E-state index contributed by atoms with van der Waals surface area (Å²) < 4.78 is 10.6. The normalized spacial score (nSPS) is 12.0. The van der Waals surface area contributed by atoms with E-state index < -0.39 is 0 Å². The molecule has 0 radical (unpaired) electrons. The molecule has 2 N–H and O–H groups in total. The van der Waals surface area contributed by atoms with E-state index >= 15 is 0 Å². The molecule has 138 valence electrons. The molecule has 26 heavy (non-hydrogen) atoms. The topological polar surface area (TPSA) is 88.6 Å². The van der Waals surface area contributed by atoms with Crippen LogP contribution in [-0.4, -0.2) is 49.9 Å². The van der Waals surface area contributed by atoms with E-state index in [1.807, 2.05) is 50.2 Å². The first-order valence-electron chi connectivity index (χ1n) is 8.43. The average Bonchev–Trinajstić information content (AvgIpc) is 3.06. The highest BCUT2D eigenvalue weighted by Crippen LogP contribution is 2.32. The minimum atomic E-state index is -0.0430. The molecule has 1 amide bonds. The molecule has 0 fully saturated rings. The number of hydrogen-bond acceptors (Lipinski definition) is 7. The fourth-order valence-corrected chi connectivity index (χ4v) is 2.56. The number of ether oxygens (including phenoxy) is 2. The molecule has 0 unspecified atom stereocenters. The molecule has 2 aromatic rings. The summed E-state index contributed by atoms with van der Waals surface area (Å²) in [5.74, 6) is 3.64. The fraction of sp³-hybridized carbons (Fsp3) is 0.389. The zero-order chi connectivity index (χ0) is 18.5. The van der Waals surface area contributed by atoms with Crippen LogP contribution >= 0.6 is 0 Å². The van der Waals surface area contributed by atoms with Gasteiger partial charge in [-0.1, -0.05) is 6.07 Å². The van der Waals surface area contributed by atoms with Crippen LogP contribution in [0.4, 0.5) is 11.6 Å². The van der Waals surface area contributed by atoms with Crippen molar-refractivity contribution in [3.8, 4) is 11.5 Å². The first kappa shape index (κ1) is 17.8. The van der Waals surface area contributed by atoms with Crippen LogP contribution in [0.5, 0.6) is 11.5 Å². The number of rotatable bonds is 7. The van der Waals surface area contributed by atoms with Crippen molar-refractivity contribution in [2.75, 3.05) is 44.2 Å². The van der Waals surface area contributed by atoms with Crippen LogP contribution in [0.3, 0.4) is 0 Å². The fourth-order valence-electron chi connectivity index (χ4n) is 2.56. The Balaban J connectivity index is 1.44. The number of benzene rings is 1. The first-order chi connectivity index (χ1) is 12.5. The van der Waals surface area contributed by atoms with Crippen molar-refractivity contribution in [1.29, 1.82) is 0 Å². The van der Waals surface area contributed by atoms with Crippen molar-refractivity contribution in [3.63, 3.8) is 0 Å². The van der Waals surface area contributed by atoms with Crippen molar-refractivity contribution in [2.24, 2.45) is 0 Å². The average molecular weight is 357 g/mol. The van der Waals surface area contributed by atoms with Gasteiger partial charge < -0.3 is 25.0 Å². The number of aryl methyl sites for hydroxylation is 1. The molecule has 1 aromatic carbocycles. The van der Waals surface area contributed by atoms with Gasteiger partial charge in [0.05, 0.1) is 6.42 Å². The number of hydrogen-bond donors (Lipinski definition) is 2. The Bertz CT molecular complexity index is 794. The molecule has 0 saturated heterocycles. The maximum atomic E-state index is 12.1. The first-order valence-corrected chi connectivity index (χ1v) is 8.43. The lowest BCUT2D eigenvalue weighted by Gasteiger charge is -2.14. The van der Waals surface area contributed by atoms with E-state index in [9.17, 15) is 4.79 Å². The van der Waals surface area contributed by atoms with Gasteiger partial charge in [-0.2, -0.15) is 0 Å². The molecule has 1 aromatic heterocycles. The minimum Gasteiger partial charge on any atom is -0.454 e. The predicted octanol–water partition coefficient (Wildman–Crippen LogP) is 1.35. The van der Waals surface area contributed by atoms with E-state index in [-0.39, 0.29) is 12.7 Å². The Morgan fingerprint density at radius 1 is 1.15 bits per heavy atom. The monoisotopic (exact) mass is 357 g/mol. The van der Waals surface area contributed by atoms with Gasteiger partial charge in [0.25, 0.3) is 0 Å². The van der Waals surface area contributed by atoms with Gasteiger partial charge in [-0.15, -0.1) is 0 Å². The molecular weight excluding hydrogens is 334 g/mol. The summed E-state index contributed by atoms with van der Waals surface area (Å²) in [5, 5.41) is 6.10. The second kappa shape index (κ2) is 7.90. The van der Waals surface area contributed by atoms with Gasteiger partial charge in [0.1, 0.15) is 17.5 Å². The highest BCUT2D eigenvalue weighted by Gasteiger charge is 2.14. The second-order valence-electron chi connectivity index (χ2n) is 6.19. The molecule has 1 aliphatic rings. The summed E-state index contributed by atoms with van der Waals surface area (Å²) in [4.78, 5) is 22.7. The summed E-state index contributed by atoms with van der Waals surface area (Å²) in [6.07, 6.45) is 0.300. The van der Waals surface area contributed by atoms with Crippen molar-refractivity contribution >= 4 is 17.5 Å². The maximum Gasteiger partial charge on any atom is 0.231 e. The molecule has 0 atom stereocenters. The zero-order valence-electron chi connectivity index (χ0n) is 15.2. The Hall–Kier alpha value is -3.03. The standard InChI is InChI=1S/C18H23N5O3/c1-12-21-16(10-17(22-12)23(2)3)19-6-7-20-18(24)9-13-4-5-14-15(8-13)26-11-25-14/h4-5,8,10H,6-7,9,11H2,1-3H3,(H,20,24)(H,19,21,22). The van der Waals surface area contributed by atoms with Gasteiger partial charge in [-0.25, -0.2) is 9.97 Å². The molecule has 0 saturated carbocycles. The number of amides is 1. The third kappa shape index (κ3) is 4.53. The third-order valence-corrected chi connectivity index (χ3v) is 3.84. The van der Waals surface area contributed by atoms with E-state index in [2.05, 4.69) is 20.6 Å². The van der Waals surface area contributed by atoms with Crippen LogP contribution in [0.1, 0.15) is 11.4 Å². The molecule has 1 aliphatic heterocycles. The molecule has 3 rings (SSSR count). The molecule has 2 heterocycles. The van der Waals surface area contributed by atoms with Gasteiger partial charge in [0.15, 0.2) is 11.5 Å². The molecule has 0 bridgehead atoms. The molecule has 0 spiro atoms. The highest BCUT2D eigenvalue weighted by molar-refractivity contribution is 5.78. The van der Waals surface area contributed by atoms with E-state index in [0.717, 1.165) is 22.9 Å². The summed E-state index contributed by atoms with van der Waals surface area (Å²) >= 11 is 0. The Morgan fingerprint density at radius 2 is 1.96 bits per heavy atom. The molecular formula is C18H23N5O3. The summed E-state index contributed by atoms with van der Waals surface area (Å²) in [7, 11) is 3.86. The quantitative estimate of drug-likeness (QED) is 0.723. The van der Waals surface area contributed by atoms with Crippen LogP contribution in [0.15, 0.2) is 24.3 Å². The van der Waals surface area contributed by atoms with Crippen molar-refractivity contribution < 1.29 is 14.3 Å². The van der Waals surface area contributed by atoms with Crippen LogP contribution in [0.2, 0.25) is 0 Å². The molecule has 0 aliphatic carbocycles. The SMILES string of the molecule is Cc1nc(NCCNC(=O)Cc2ccc3c(c2)OCO3)cc(N(C)C)n1. The van der Waals surface area contributed by atoms with Gasteiger partial charge in [0, 0.05) is 33.3 Å². The summed E-state index contributed by atoms with van der Waals surface area (Å²) in [6, 6.07) is 7.41. The number of carbonyl (C=O) groups is 1. The number of fused-ring (bicyclic) bond motifs is 1. The number of nitrogens with zero attached hydrogens (tertiary/aromatic N) is 3. The van der Waals surface area contributed by atoms with E-state index in [1.165, 1.54) is 0 Å². The third-order valence-electron chi connectivity index (χ3n) is 3.84. The number of nitrogens with one attached hydrogen (secondary N) is 2. The van der Waals surface area contributed by atoms with Crippen molar-refractivity contribution in [1.82, 2.24) is 15.3 Å². The predicted molar refractivity (Wildman–Crippen MR) is 98.9 cm³/mol. The lowest BCUT2D eigenvalue weighted by molar-refractivity contribution is -0.120. The van der Waals surface area contributed by atoms with Crippen LogP contribution in [-0.2, 0) is 11.2 Å². The van der Waals surface area contributed by atoms with Gasteiger partial charge in [-0.3, -0.25) is 4.79 Å². The maximum absolute atomic E-state index is 12.1. The van der Waals surface area contributed by atoms with Crippen LogP contribution in [0, 0.1) is 6.92 Å². The van der Waals surface area contributed by atoms with E-state index in [0.29, 0.717) is 31.1 Å². The van der Waals surface area contributed by atoms with Crippen LogP contribution < -0.4 is 25.0 Å². The van der Waals surface area contributed by atoms with Gasteiger partial charge in [-0.05, 0) is 24.6 Å². The largest absolute Gasteiger partial charge is 0.454 e. The van der Waals surface area contributed by atoms with E-state index in [1.54, 1.807) is 0 Å². The number of aromatic nitrogens is 2. The van der Waals surface area contributed by atoms with Crippen LogP contribution in [0.25, 0.3) is 0 Å². The lowest BCUT2D eigenvalue weighted by atomic mass is 10.1. The molecule has 8 nitrogen and oxygen atoms in total. The summed E-state index contributed by atoms with van der Waals surface area (Å²) in [5.41, 5.74) is 0.891. The second-order valence-corrected chi connectivity index (χ2v) is 6.19. The minimum absolute atomic E-state index is 0.0430. The van der Waals surface area contributed by atoms with Gasteiger partial charge >= 0.3 is 0 Å². The van der Waals surface area contributed by atoms with Crippen molar-refractivity contribution in [3.05, 3.63) is 35.7 Å². The summed E-state index contributed by atoms with van der Waals surface area (Å²) in [6.45, 7) is 3.17. The van der Waals surface area contributed by atoms with E-state index in [4.69, 9.17) is 9.47 Å². The Labute approximate surface area is 152 Å². The van der Waals surface area contributed by atoms with Gasteiger partial charge in [0.2, 0.25) is 12.7 Å². The Morgan fingerprint density at radius 3 is 2.77 bits per heavy atom. The molecule has 8 heteroatoms.